The zero-order valence-electron chi connectivity index (χ0n) is 10.9. The second kappa shape index (κ2) is 7.12. The van der Waals surface area contributed by atoms with Gasteiger partial charge in [0, 0.05) is 10.0 Å². The van der Waals surface area contributed by atoms with E-state index in [1.54, 1.807) is 12.1 Å². The van der Waals surface area contributed by atoms with Gasteiger partial charge in [0.2, 0.25) is 0 Å². The number of benzene rings is 1. The Morgan fingerprint density at radius 3 is 2.37 bits per heavy atom. The van der Waals surface area contributed by atoms with Gasteiger partial charge < -0.3 is 0 Å². The van der Waals surface area contributed by atoms with E-state index in [2.05, 4.69) is 0 Å². The Bertz CT molecular complexity index is 472. The summed E-state index contributed by atoms with van der Waals surface area (Å²) < 4.78 is 0. The Labute approximate surface area is 124 Å². The van der Waals surface area contributed by atoms with E-state index in [0.717, 1.165) is 11.8 Å². The minimum atomic E-state index is 0.505. The molecule has 0 saturated heterocycles. The normalized spacial score (nSPS) is 17.6. The average molecular weight is 297 g/mol. The van der Waals surface area contributed by atoms with Crippen molar-refractivity contribution in [2.24, 2.45) is 0 Å². The number of halogens is 2. The van der Waals surface area contributed by atoms with E-state index in [1.807, 2.05) is 6.07 Å². The van der Waals surface area contributed by atoms with Gasteiger partial charge in [0.1, 0.15) is 6.29 Å². The van der Waals surface area contributed by atoms with Gasteiger partial charge in [-0.1, -0.05) is 48.9 Å². The molecule has 1 aromatic carbocycles. The van der Waals surface area contributed by atoms with Crippen LogP contribution in [0.2, 0.25) is 10.0 Å². The van der Waals surface area contributed by atoms with Crippen LogP contribution in [0, 0.1) is 0 Å². The number of rotatable bonds is 3. The van der Waals surface area contributed by atoms with Gasteiger partial charge in [0.25, 0.3) is 0 Å². The lowest BCUT2D eigenvalue weighted by Crippen LogP contribution is -2.01. The molecule has 3 heteroatoms. The molecule has 1 aliphatic carbocycles. The van der Waals surface area contributed by atoms with Crippen LogP contribution in [0.25, 0.3) is 6.08 Å². The molecule has 1 aromatic rings. The van der Waals surface area contributed by atoms with E-state index >= 15 is 0 Å². The van der Waals surface area contributed by atoms with Gasteiger partial charge in [-0.15, -0.1) is 0 Å². The van der Waals surface area contributed by atoms with Crippen LogP contribution in [0.1, 0.15) is 55.6 Å². The summed E-state index contributed by atoms with van der Waals surface area (Å²) in [6.07, 6.45) is 11.6. The summed E-state index contributed by atoms with van der Waals surface area (Å²) in [6.45, 7) is 0. The maximum absolute atomic E-state index is 10.5. The third kappa shape index (κ3) is 3.84. The predicted molar refractivity (Wildman–Crippen MR) is 82.0 cm³/mol. The number of hydrogen-bond donors (Lipinski definition) is 0. The number of allylic oxidation sites excluding steroid dienone is 1. The number of aldehydes is 1. The molecular formula is C16H18Cl2O. The summed E-state index contributed by atoms with van der Waals surface area (Å²) in [6, 6.07) is 3.75. The Morgan fingerprint density at radius 2 is 1.74 bits per heavy atom. The molecule has 102 valence electrons. The lowest BCUT2D eigenvalue weighted by Gasteiger charge is -2.18. The van der Waals surface area contributed by atoms with Gasteiger partial charge in [-0.3, -0.25) is 4.79 Å². The smallest absolute Gasteiger partial charge is 0.142 e. The number of hydrogen-bond acceptors (Lipinski definition) is 1. The molecule has 1 aliphatic rings. The van der Waals surface area contributed by atoms with E-state index in [-0.39, 0.29) is 0 Å². The first-order valence-corrected chi connectivity index (χ1v) is 7.58. The maximum atomic E-state index is 10.5. The highest BCUT2D eigenvalue weighted by molar-refractivity contribution is 6.35. The number of carbonyl (C=O) groups is 1. The van der Waals surface area contributed by atoms with Crippen LogP contribution in [0.3, 0.4) is 0 Å². The Morgan fingerprint density at radius 1 is 1.05 bits per heavy atom. The molecular weight excluding hydrogens is 279 g/mol. The second-order valence-corrected chi connectivity index (χ2v) is 5.92. The van der Waals surface area contributed by atoms with E-state index < -0.39 is 0 Å². The minimum Gasteiger partial charge on any atom is -0.299 e. The first-order valence-electron chi connectivity index (χ1n) is 6.83. The van der Waals surface area contributed by atoms with E-state index in [0.29, 0.717) is 16.0 Å². The van der Waals surface area contributed by atoms with E-state index in [4.69, 9.17) is 23.2 Å². The molecule has 0 spiro atoms. The minimum absolute atomic E-state index is 0.505. The molecule has 19 heavy (non-hydrogen) atoms. The lowest BCUT2D eigenvalue weighted by atomic mass is 9.88. The van der Waals surface area contributed by atoms with Crippen molar-refractivity contribution < 1.29 is 4.79 Å². The summed E-state index contributed by atoms with van der Waals surface area (Å²) in [4.78, 5) is 10.5. The van der Waals surface area contributed by atoms with Crippen molar-refractivity contribution in [2.75, 3.05) is 0 Å². The van der Waals surface area contributed by atoms with Gasteiger partial charge in [-0.25, -0.2) is 0 Å². The van der Waals surface area contributed by atoms with E-state index in [1.165, 1.54) is 50.2 Å². The molecule has 2 rings (SSSR count). The van der Waals surface area contributed by atoms with Gasteiger partial charge in [-0.2, -0.15) is 0 Å². The van der Waals surface area contributed by atoms with Crippen molar-refractivity contribution >= 4 is 35.6 Å². The molecule has 0 N–H and O–H groups in total. The Balaban J connectivity index is 2.40. The largest absolute Gasteiger partial charge is 0.299 e. The fraction of sp³-hybridized carbons (Fsp3) is 0.438. The fourth-order valence-corrected chi connectivity index (χ4v) is 3.42. The van der Waals surface area contributed by atoms with Gasteiger partial charge in [-0.05, 0) is 54.2 Å². The quantitative estimate of drug-likeness (QED) is 0.400. The zero-order valence-corrected chi connectivity index (χ0v) is 12.4. The molecule has 0 bridgehead atoms. The zero-order chi connectivity index (χ0) is 13.7. The van der Waals surface area contributed by atoms with Crippen molar-refractivity contribution in [1.29, 1.82) is 0 Å². The summed E-state index contributed by atoms with van der Waals surface area (Å²) >= 11 is 12.4. The molecule has 0 amide bonds. The van der Waals surface area contributed by atoms with Crippen LogP contribution in [0.4, 0.5) is 0 Å². The van der Waals surface area contributed by atoms with Crippen molar-refractivity contribution in [3.63, 3.8) is 0 Å². The predicted octanol–water partition coefficient (Wildman–Crippen LogP) is 5.64. The Hall–Kier alpha value is -0.790. The van der Waals surface area contributed by atoms with Crippen molar-refractivity contribution in [1.82, 2.24) is 0 Å². The van der Waals surface area contributed by atoms with Crippen molar-refractivity contribution in [2.45, 2.75) is 44.4 Å². The monoisotopic (exact) mass is 296 g/mol. The fourth-order valence-electron chi connectivity index (χ4n) is 2.84. The van der Waals surface area contributed by atoms with Crippen LogP contribution in [0.15, 0.2) is 18.2 Å². The molecule has 1 saturated carbocycles. The third-order valence-electron chi connectivity index (χ3n) is 3.76. The summed E-state index contributed by atoms with van der Waals surface area (Å²) in [5.41, 5.74) is 2.14. The highest BCUT2D eigenvalue weighted by Gasteiger charge is 2.18. The third-order valence-corrected chi connectivity index (χ3v) is 4.29. The van der Waals surface area contributed by atoms with Gasteiger partial charge in [0.05, 0.1) is 0 Å². The molecule has 0 heterocycles. The molecule has 1 nitrogen and oxygen atoms in total. The van der Waals surface area contributed by atoms with Crippen LogP contribution in [-0.4, -0.2) is 6.29 Å². The van der Waals surface area contributed by atoms with Crippen LogP contribution >= 0.6 is 23.2 Å². The molecule has 0 aliphatic heterocycles. The molecule has 0 radical (unpaired) electrons. The van der Waals surface area contributed by atoms with Crippen molar-refractivity contribution in [3.05, 3.63) is 39.4 Å². The van der Waals surface area contributed by atoms with Crippen LogP contribution < -0.4 is 0 Å². The Kier molecular flexibility index (Phi) is 5.47. The average Bonchev–Trinajstić information content (AvgIpc) is 2.65. The van der Waals surface area contributed by atoms with Crippen molar-refractivity contribution in [3.8, 4) is 0 Å². The molecule has 0 atom stereocenters. The second-order valence-electron chi connectivity index (χ2n) is 5.07. The first-order chi connectivity index (χ1) is 9.22. The molecule has 1 fully saturated rings. The molecule has 0 unspecified atom stereocenters. The SMILES string of the molecule is O=C/C=C/c1c(Cl)cc(Cl)cc1C1CCCCCC1. The highest BCUT2D eigenvalue weighted by Crippen LogP contribution is 2.38. The standard InChI is InChI=1S/C16H18Cl2O/c17-13-10-15(12-6-3-1-2-4-7-12)14(8-5-9-19)16(18)11-13/h5,8-12H,1-4,6-7H2/b8-5+. The summed E-state index contributed by atoms with van der Waals surface area (Å²) in [7, 11) is 0. The van der Waals surface area contributed by atoms with E-state index in [9.17, 15) is 4.79 Å². The number of carbonyl (C=O) groups excluding carboxylic acids is 1. The lowest BCUT2D eigenvalue weighted by molar-refractivity contribution is -0.104. The maximum Gasteiger partial charge on any atom is 0.142 e. The van der Waals surface area contributed by atoms with Crippen LogP contribution in [-0.2, 0) is 4.79 Å². The first kappa shape index (κ1) is 14.6. The topological polar surface area (TPSA) is 17.1 Å². The summed E-state index contributed by atoms with van der Waals surface area (Å²) in [5.74, 6) is 0.505. The van der Waals surface area contributed by atoms with Gasteiger partial charge in [0.15, 0.2) is 0 Å². The van der Waals surface area contributed by atoms with Crippen LogP contribution in [0.5, 0.6) is 0 Å². The van der Waals surface area contributed by atoms with Gasteiger partial charge >= 0.3 is 0 Å². The highest BCUT2D eigenvalue weighted by atomic mass is 35.5. The molecule has 0 aromatic heterocycles. The summed E-state index contributed by atoms with van der Waals surface area (Å²) in [5, 5.41) is 1.30.